The summed E-state index contributed by atoms with van der Waals surface area (Å²) in [5, 5.41) is 3.86. The average Bonchev–Trinajstić information content (AvgIpc) is 3.02. The smallest absolute Gasteiger partial charge is 0.264 e. The third-order valence-corrected chi connectivity index (χ3v) is 9.93. The molecule has 0 saturated carbocycles. The van der Waals surface area contributed by atoms with Crippen LogP contribution < -0.4 is 9.62 Å². The molecular formula is C36H39Cl2N3O4S. The Morgan fingerprint density at radius 3 is 2.09 bits per heavy atom. The number of sulfonamides is 1. The maximum atomic E-state index is 14.6. The fourth-order valence-corrected chi connectivity index (χ4v) is 6.70. The summed E-state index contributed by atoms with van der Waals surface area (Å²) in [4.78, 5) is 29.9. The second-order valence-electron chi connectivity index (χ2n) is 11.7. The number of hydrogen-bond donors (Lipinski definition) is 1. The predicted molar refractivity (Wildman–Crippen MR) is 186 cm³/mol. The highest BCUT2D eigenvalue weighted by atomic mass is 35.5. The zero-order chi connectivity index (χ0) is 33.4. The standard InChI is InChI=1S/C36H39Cl2N3O4S/c1-25(2)22-39-36(43)34(21-28-9-6-5-7-10-28)40(23-29-11-8-12-31(38)20-29)35(42)24-41(32-16-13-26(3)27(4)19-32)46(44,45)33-17-14-30(37)15-18-33/h5-20,25,34H,21-24H2,1-4H3,(H,39,43). The SMILES string of the molecule is Cc1ccc(N(CC(=O)N(Cc2cccc(Cl)c2)C(Cc2ccccc2)C(=O)NCC(C)C)S(=O)(=O)c2ccc(Cl)cc2)cc1C. The number of benzene rings is 4. The van der Waals surface area contributed by atoms with E-state index in [1.807, 2.05) is 70.2 Å². The van der Waals surface area contributed by atoms with Crippen molar-refractivity contribution in [3.63, 3.8) is 0 Å². The van der Waals surface area contributed by atoms with E-state index in [2.05, 4.69) is 5.32 Å². The zero-order valence-electron chi connectivity index (χ0n) is 26.4. The van der Waals surface area contributed by atoms with Crippen molar-refractivity contribution in [3.8, 4) is 0 Å². The molecule has 242 valence electrons. The summed E-state index contributed by atoms with van der Waals surface area (Å²) in [5.41, 5.74) is 3.74. The van der Waals surface area contributed by atoms with E-state index in [-0.39, 0.29) is 29.7 Å². The van der Waals surface area contributed by atoms with Crippen LogP contribution in [0.5, 0.6) is 0 Å². The first-order valence-corrected chi connectivity index (χ1v) is 17.3. The molecule has 0 fully saturated rings. The third kappa shape index (κ3) is 9.12. The van der Waals surface area contributed by atoms with Crippen molar-refractivity contribution in [3.05, 3.63) is 129 Å². The number of carbonyl (C=O) groups is 2. The Hall–Kier alpha value is -3.85. The van der Waals surface area contributed by atoms with Crippen molar-refractivity contribution in [2.75, 3.05) is 17.4 Å². The van der Waals surface area contributed by atoms with Crippen molar-refractivity contribution in [1.29, 1.82) is 0 Å². The number of nitrogens with one attached hydrogen (secondary N) is 1. The molecule has 0 saturated heterocycles. The normalized spacial score (nSPS) is 12.1. The molecule has 4 aromatic rings. The number of halogens is 2. The van der Waals surface area contributed by atoms with Crippen LogP contribution in [0, 0.1) is 19.8 Å². The molecule has 4 aromatic carbocycles. The van der Waals surface area contributed by atoms with Crippen LogP contribution in [0.15, 0.2) is 102 Å². The minimum absolute atomic E-state index is 0.0140. The topological polar surface area (TPSA) is 86.8 Å². The summed E-state index contributed by atoms with van der Waals surface area (Å²) in [6, 6.07) is 26.6. The van der Waals surface area contributed by atoms with Gasteiger partial charge in [-0.2, -0.15) is 0 Å². The van der Waals surface area contributed by atoms with Gasteiger partial charge in [-0.15, -0.1) is 0 Å². The monoisotopic (exact) mass is 679 g/mol. The van der Waals surface area contributed by atoms with Crippen LogP contribution in [0.2, 0.25) is 10.0 Å². The zero-order valence-corrected chi connectivity index (χ0v) is 28.7. The van der Waals surface area contributed by atoms with Crippen LogP contribution in [0.1, 0.15) is 36.1 Å². The van der Waals surface area contributed by atoms with Gasteiger partial charge in [-0.3, -0.25) is 13.9 Å². The Balaban J connectivity index is 1.82. The van der Waals surface area contributed by atoms with Gasteiger partial charge in [-0.05, 0) is 90.6 Å². The van der Waals surface area contributed by atoms with Gasteiger partial charge in [0.15, 0.2) is 0 Å². The molecule has 0 heterocycles. The molecule has 7 nitrogen and oxygen atoms in total. The molecule has 0 aliphatic carbocycles. The Morgan fingerprint density at radius 2 is 1.46 bits per heavy atom. The number of anilines is 1. The van der Waals surface area contributed by atoms with E-state index in [1.165, 1.54) is 29.2 Å². The van der Waals surface area contributed by atoms with Gasteiger partial charge in [0, 0.05) is 29.6 Å². The van der Waals surface area contributed by atoms with E-state index in [4.69, 9.17) is 23.2 Å². The van der Waals surface area contributed by atoms with E-state index in [0.29, 0.717) is 27.8 Å². The molecule has 0 bridgehead atoms. The largest absolute Gasteiger partial charge is 0.354 e. The van der Waals surface area contributed by atoms with Gasteiger partial charge in [-0.1, -0.05) is 85.6 Å². The number of carbonyl (C=O) groups excluding carboxylic acids is 2. The molecule has 10 heteroatoms. The van der Waals surface area contributed by atoms with E-state index < -0.39 is 28.5 Å². The minimum atomic E-state index is -4.23. The summed E-state index contributed by atoms with van der Waals surface area (Å²) >= 11 is 12.4. The van der Waals surface area contributed by atoms with Crippen LogP contribution in [0.4, 0.5) is 5.69 Å². The average molecular weight is 681 g/mol. The summed E-state index contributed by atoms with van der Waals surface area (Å²) in [6.45, 7) is 7.70. The molecule has 2 amide bonds. The quantitative estimate of drug-likeness (QED) is 0.162. The Morgan fingerprint density at radius 1 is 0.783 bits per heavy atom. The van der Waals surface area contributed by atoms with Crippen LogP contribution in [-0.2, 0) is 32.6 Å². The lowest BCUT2D eigenvalue weighted by molar-refractivity contribution is -0.140. The molecule has 0 aliphatic heterocycles. The molecule has 4 rings (SSSR count). The van der Waals surface area contributed by atoms with Crippen molar-refractivity contribution in [2.45, 2.75) is 51.6 Å². The highest BCUT2D eigenvalue weighted by Crippen LogP contribution is 2.28. The second kappa shape index (κ2) is 15.6. The van der Waals surface area contributed by atoms with E-state index in [0.717, 1.165) is 21.0 Å². The molecule has 1 N–H and O–H groups in total. The maximum Gasteiger partial charge on any atom is 0.264 e. The summed E-state index contributed by atoms with van der Waals surface area (Å²) in [5.74, 6) is -0.689. The Labute approximate surface area is 282 Å². The van der Waals surface area contributed by atoms with Crippen molar-refractivity contribution >= 4 is 50.7 Å². The number of amides is 2. The molecule has 1 atom stereocenters. The molecule has 0 aromatic heterocycles. The minimum Gasteiger partial charge on any atom is -0.354 e. The van der Waals surface area contributed by atoms with Crippen LogP contribution in [-0.4, -0.2) is 44.3 Å². The van der Waals surface area contributed by atoms with Crippen LogP contribution in [0.25, 0.3) is 0 Å². The predicted octanol–water partition coefficient (Wildman–Crippen LogP) is 7.22. The fourth-order valence-electron chi connectivity index (χ4n) is 4.95. The van der Waals surface area contributed by atoms with Crippen LogP contribution >= 0.6 is 23.2 Å². The second-order valence-corrected chi connectivity index (χ2v) is 14.5. The van der Waals surface area contributed by atoms with Gasteiger partial charge >= 0.3 is 0 Å². The van der Waals surface area contributed by atoms with Gasteiger partial charge in [0.2, 0.25) is 11.8 Å². The van der Waals surface area contributed by atoms with E-state index >= 15 is 0 Å². The molecule has 0 aliphatic rings. The number of nitrogens with zero attached hydrogens (tertiary/aromatic N) is 2. The summed E-state index contributed by atoms with van der Waals surface area (Å²) in [7, 11) is -4.23. The first-order chi connectivity index (χ1) is 21.8. The van der Waals surface area contributed by atoms with Crippen molar-refractivity contribution in [2.24, 2.45) is 5.92 Å². The van der Waals surface area contributed by atoms with Gasteiger partial charge < -0.3 is 10.2 Å². The third-order valence-electron chi connectivity index (χ3n) is 7.66. The van der Waals surface area contributed by atoms with E-state index in [1.54, 1.807) is 30.3 Å². The molecule has 0 spiro atoms. The van der Waals surface area contributed by atoms with Gasteiger partial charge in [0.25, 0.3) is 10.0 Å². The summed E-state index contributed by atoms with van der Waals surface area (Å²) < 4.78 is 29.5. The lowest BCUT2D eigenvalue weighted by Gasteiger charge is -2.34. The Bertz CT molecular complexity index is 1760. The first kappa shape index (κ1) is 35.0. The first-order valence-electron chi connectivity index (χ1n) is 15.1. The van der Waals surface area contributed by atoms with Crippen molar-refractivity contribution < 1.29 is 18.0 Å². The Kier molecular flexibility index (Phi) is 11.9. The fraction of sp³-hybridized carbons (Fsp3) is 0.278. The van der Waals surface area contributed by atoms with Gasteiger partial charge in [-0.25, -0.2) is 8.42 Å². The number of hydrogen-bond acceptors (Lipinski definition) is 4. The number of aryl methyl sites for hydroxylation is 2. The molecule has 0 radical (unpaired) electrons. The molecular weight excluding hydrogens is 641 g/mol. The highest BCUT2D eigenvalue weighted by Gasteiger charge is 2.34. The number of rotatable bonds is 13. The lowest BCUT2D eigenvalue weighted by Crippen LogP contribution is -2.53. The lowest BCUT2D eigenvalue weighted by atomic mass is 10.0. The van der Waals surface area contributed by atoms with Crippen molar-refractivity contribution in [1.82, 2.24) is 10.2 Å². The van der Waals surface area contributed by atoms with Gasteiger partial charge in [0.1, 0.15) is 12.6 Å². The molecule has 1 unspecified atom stereocenters. The van der Waals surface area contributed by atoms with Gasteiger partial charge in [0.05, 0.1) is 10.6 Å². The molecule has 46 heavy (non-hydrogen) atoms. The van der Waals surface area contributed by atoms with Crippen LogP contribution in [0.3, 0.4) is 0 Å². The highest BCUT2D eigenvalue weighted by molar-refractivity contribution is 7.92. The summed E-state index contributed by atoms with van der Waals surface area (Å²) in [6.07, 6.45) is 0.227. The maximum absolute atomic E-state index is 14.6. The van der Waals surface area contributed by atoms with E-state index in [9.17, 15) is 18.0 Å².